The number of fused-ring (bicyclic) bond motifs is 4. The molecule has 5 heterocycles. The first-order valence-corrected chi connectivity index (χ1v) is 16.2. The molecule has 2 unspecified atom stereocenters. The van der Waals surface area contributed by atoms with E-state index in [9.17, 15) is 19.8 Å². The molecule has 1 fully saturated rings. The zero-order valence-corrected chi connectivity index (χ0v) is 27.6. The van der Waals surface area contributed by atoms with Gasteiger partial charge in [0.1, 0.15) is 22.5 Å². The van der Waals surface area contributed by atoms with E-state index in [0.29, 0.717) is 28.4 Å². The number of hydrogen-bond acceptors (Lipinski definition) is 7. The standard InChI is InChI=1S/C21H24N2O3.C16H14ClNO3/c1-21(2,20(24)25)18-14-8-4-5-9-16(14)26-19-15(18)10-11-17(22-19)23-12-6-3-7-13-23;1-16(2,15(19)20)13-9-5-3-4-6-11(9)21-14-10(13)7-8-12(17)18-14/h4-5,8-11,18H,3,6-7,12-13H2,1-2H3,(H,24,25);3-8,13H,1-2H3,(H,19,20). The van der Waals surface area contributed by atoms with Crippen molar-refractivity contribution in [3.63, 3.8) is 0 Å². The highest BCUT2D eigenvalue weighted by Gasteiger charge is 2.45. The molecule has 0 saturated carbocycles. The maximum Gasteiger partial charge on any atom is 0.310 e. The van der Waals surface area contributed by atoms with Gasteiger partial charge in [0.15, 0.2) is 0 Å². The fraction of sp³-hybridized carbons (Fsp3) is 0.351. The van der Waals surface area contributed by atoms with E-state index in [0.717, 1.165) is 41.2 Å². The second-order valence-corrected chi connectivity index (χ2v) is 13.7. The highest BCUT2D eigenvalue weighted by Crippen LogP contribution is 2.53. The predicted molar refractivity (Wildman–Crippen MR) is 179 cm³/mol. The molecule has 244 valence electrons. The molecule has 0 radical (unpaired) electrons. The van der Waals surface area contributed by atoms with Crippen LogP contribution in [-0.4, -0.2) is 45.2 Å². The topological polar surface area (TPSA) is 122 Å². The molecule has 2 atom stereocenters. The number of anilines is 1. The van der Waals surface area contributed by atoms with Gasteiger partial charge in [0.05, 0.1) is 10.8 Å². The number of aromatic nitrogens is 2. The van der Waals surface area contributed by atoms with Crippen molar-refractivity contribution in [2.24, 2.45) is 10.8 Å². The summed E-state index contributed by atoms with van der Waals surface area (Å²) in [6.07, 6.45) is 3.62. The summed E-state index contributed by atoms with van der Waals surface area (Å²) in [7, 11) is 0. The number of carboxylic acid groups (broad SMARTS) is 2. The van der Waals surface area contributed by atoms with E-state index in [1.807, 2.05) is 60.7 Å². The molecule has 3 aliphatic rings. The normalized spacial score (nSPS) is 18.1. The highest BCUT2D eigenvalue weighted by atomic mass is 35.5. The number of para-hydroxylation sites is 2. The van der Waals surface area contributed by atoms with Crippen LogP contribution in [0.1, 0.15) is 81.0 Å². The lowest BCUT2D eigenvalue weighted by atomic mass is 9.70. The Morgan fingerprint density at radius 2 is 1.15 bits per heavy atom. The minimum Gasteiger partial charge on any atom is -0.481 e. The summed E-state index contributed by atoms with van der Waals surface area (Å²) in [6.45, 7) is 8.97. The molecule has 0 bridgehead atoms. The number of pyridine rings is 2. The molecule has 0 amide bonds. The number of aliphatic carboxylic acids is 2. The first-order chi connectivity index (χ1) is 22.4. The predicted octanol–water partition coefficient (Wildman–Crippen LogP) is 8.50. The number of ether oxygens (including phenoxy) is 2. The summed E-state index contributed by atoms with van der Waals surface area (Å²) in [5.41, 5.74) is 1.37. The van der Waals surface area contributed by atoms with Gasteiger partial charge in [-0.25, -0.2) is 4.98 Å². The van der Waals surface area contributed by atoms with Gasteiger partial charge >= 0.3 is 11.9 Å². The Kier molecular flexibility index (Phi) is 8.61. The molecule has 2 aromatic carbocycles. The zero-order valence-electron chi connectivity index (χ0n) is 26.9. The molecule has 2 aromatic heterocycles. The third-order valence-corrected chi connectivity index (χ3v) is 9.66. The van der Waals surface area contributed by atoms with Crippen molar-refractivity contribution in [3.8, 4) is 23.3 Å². The number of halogens is 1. The van der Waals surface area contributed by atoms with Crippen molar-refractivity contribution in [1.29, 1.82) is 0 Å². The van der Waals surface area contributed by atoms with Crippen LogP contribution in [0.5, 0.6) is 23.3 Å². The number of carboxylic acids is 2. The number of hydrogen-bond donors (Lipinski definition) is 2. The van der Waals surface area contributed by atoms with Crippen molar-refractivity contribution in [3.05, 3.63) is 100 Å². The van der Waals surface area contributed by atoms with Crippen LogP contribution in [0, 0.1) is 10.8 Å². The van der Waals surface area contributed by atoms with Gasteiger partial charge in [-0.3, -0.25) is 9.59 Å². The molecular formula is C37H38ClN3O6. The Bertz CT molecular complexity index is 1830. The van der Waals surface area contributed by atoms with Crippen LogP contribution in [0.3, 0.4) is 0 Å². The van der Waals surface area contributed by atoms with Crippen molar-refractivity contribution in [2.75, 3.05) is 18.0 Å². The average Bonchev–Trinajstić information content (AvgIpc) is 3.06. The number of nitrogens with zero attached hydrogens (tertiary/aromatic N) is 3. The van der Waals surface area contributed by atoms with Crippen molar-refractivity contribution in [1.82, 2.24) is 9.97 Å². The maximum atomic E-state index is 12.0. The highest BCUT2D eigenvalue weighted by molar-refractivity contribution is 6.29. The monoisotopic (exact) mass is 655 g/mol. The van der Waals surface area contributed by atoms with Crippen LogP contribution in [0.25, 0.3) is 0 Å². The van der Waals surface area contributed by atoms with E-state index in [1.54, 1.807) is 39.8 Å². The van der Waals surface area contributed by atoms with Gasteiger partial charge in [0, 0.05) is 47.2 Å². The second-order valence-electron chi connectivity index (χ2n) is 13.3. The van der Waals surface area contributed by atoms with Crippen LogP contribution in [-0.2, 0) is 9.59 Å². The van der Waals surface area contributed by atoms with Gasteiger partial charge in [-0.2, -0.15) is 4.98 Å². The number of piperidine rings is 1. The summed E-state index contributed by atoms with van der Waals surface area (Å²) >= 11 is 5.92. The molecule has 0 aliphatic carbocycles. The summed E-state index contributed by atoms with van der Waals surface area (Å²) in [4.78, 5) is 34.9. The molecule has 2 N–H and O–H groups in total. The van der Waals surface area contributed by atoms with Crippen molar-refractivity contribution in [2.45, 2.75) is 58.8 Å². The third-order valence-electron chi connectivity index (χ3n) is 9.45. The minimum atomic E-state index is -0.996. The summed E-state index contributed by atoms with van der Waals surface area (Å²) in [5, 5.41) is 19.8. The zero-order chi connectivity index (χ0) is 33.5. The van der Waals surface area contributed by atoms with Crippen molar-refractivity contribution < 1.29 is 29.3 Å². The van der Waals surface area contributed by atoms with Crippen molar-refractivity contribution >= 4 is 29.4 Å². The summed E-state index contributed by atoms with van der Waals surface area (Å²) < 4.78 is 11.9. The Labute approximate surface area is 279 Å². The van der Waals surface area contributed by atoms with Gasteiger partial charge < -0.3 is 24.6 Å². The van der Waals surface area contributed by atoms with Gasteiger partial charge in [-0.1, -0.05) is 48.0 Å². The SMILES string of the molecule is CC(C)(C(=O)O)C1c2ccccc2Oc2nc(Cl)ccc21.CC(C)(C(=O)O)C1c2ccccc2Oc2nc(N3CCCCC3)ccc21. The molecular weight excluding hydrogens is 618 g/mol. The minimum absolute atomic E-state index is 0.303. The maximum absolute atomic E-state index is 12.0. The number of rotatable bonds is 5. The second kappa shape index (κ2) is 12.5. The Balaban J connectivity index is 0.000000168. The first-order valence-electron chi connectivity index (χ1n) is 15.8. The van der Waals surface area contributed by atoms with Crippen LogP contribution in [0.4, 0.5) is 5.82 Å². The van der Waals surface area contributed by atoms with E-state index in [2.05, 4.69) is 9.88 Å². The first kappa shape index (κ1) is 32.3. The van der Waals surface area contributed by atoms with Crippen LogP contribution in [0.15, 0.2) is 72.8 Å². The lowest BCUT2D eigenvalue weighted by molar-refractivity contribution is -0.148. The van der Waals surface area contributed by atoms with E-state index < -0.39 is 22.8 Å². The quantitative estimate of drug-likeness (QED) is 0.204. The molecule has 7 rings (SSSR count). The Morgan fingerprint density at radius 3 is 1.66 bits per heavy atom. The lowest BCUT2D eigenvalue weighted by Crippen LogP contribution is -2.34. The molecule has 47 heavy (non-hydrogen) atoms. The van der Waals surface area contributed by atoms with Gasteiger partial charge in [-0.05, 0) is 83.4 Å². The number of benzene rings is 2. The van der Waals surface area contributed by atoms with Crippen LogP contribution < -0.4 is 14.4 Å². The summed E-state index contributed by atoms with van der Waals surface area (Å²) in [6, 6.07) is 22.5. The molecule has 4 aromatic rings. The largest absolute Gasteiger partial charge is 0.481 e. The molecule has 9 nitrogen and oxygen atoms in total. The average molecular weight is 656 g/mol. The summed E-state index contributed by atoms with van der Waals surface area (Å²) in [5.74, 6) is 0.793. The van der Waals surface area contributed by atoms with E-state index in [1.165, 1.54) is 19.3 Å². The Hall–Kier alpha value is -4.63. The van der Waals surface area contributed by atoms with Crippen LogP contribution >= 0.6 is 11.6 Å². The van der Waals surface area contributed by atoms with Gasteiger partial charge in [-0.15, -0.1) is 0 Å². The fourth-order valence-corrected chi connectivity index (χ4v) is 6.88. The third kappa shape index (κ3) is 6.00. The van der Waals surface area contributed by atoms with Gasteiger partial charge in [0.25, 0.3) is 0 Å². The lowest BCUT2D eigenvalue weighted by Gasteiger charge is -2.36. The molecule has 3 aliphatic heterocycles. The Morgan fingerprint density at radius 1 is 0.681 bits per heavy atom. The molecule has 1 saturated heterocycles. The van der Waals surface area contributed by atoms with E-state index in [4.69, 9.17) is 26.1 Å². The van der Waals surface area contributed by atoms with E-state index in [-0.39, 0.29) is 11.8 Å². The molecule has 0 spiro atoms. The molecule has 10 heteroatoms. The number of carbonyl (C=O) groups is 2. The van der Waals surface area contributed by atoms with E-state index >= 15 is 0 Å². The van der Waals surface area contributed by atoms with Gasteiger partial charge in [0.2, 0.25) is 11.8 Å². The fourth-order valence-electron chi connectivity index (χ4n) is 6.74. The smallest absolute Gasteiger partial charge is 0.310 e. The van der Waals surface area contributed by atoms with Crippen LogP contribution in [0.2, 0.25) is 5.15 Å².